The summed E-state index contributed by atoms with van der Waals surface area (Å²) in [5.41, 5.74) is 6.98. The molecule has 1 amide bonds. The Morgan fingerprint density at radius 1 is 1.26 bits per heavy atom. The molecule has 0 spiro atoms. The number of carbonyl (C=O) groups excluding carboxylic acids is 1. The highest BCUT2D eigenvalue weighted by molar-refractivity contribution is 8.00. The molecule has 1 atom stereocenters. The molecule has 0 bridgehead atoms. The second kappa shape index (κ2) is 6.24. The van der Waals surface area contributed by atoms with Gasteiger partial charge in [-0.15, -0.1) is 0 Å². The second-order valence-corrected chi connectivity index (χ2v) is 5.41. The third-order valence-electron chi connectivity index (χ3n) is 2.47. The topological polar surface area (TPSA) is 68.0 Å². The van der Waals surface area contributed by atoms with Gasteiger partial charge in [0.15, 0.2) is 0 Å². The lowest BCUT2D eigenvalue weighted by Gasteiger charge is -2.11. The number of rotatable bonds is 4. The summed E-state index contributed by atoms with van der Waals surface area (Å²) in [5.74, 6) is -0.0465. The van der Waals surface area contributed by atoms with Crippen LogP contribution in [-0.4, -0.2) is 16.1 Å². The van der Waals surface area contributed by atoms with Crippen LogP contribution >= 0.6 is 11.8 Å². The van der Waals surface area contributed by atoms with Gasteiger partial charge in [0.2, 0.25) is 5.91 Å². The third kappa shape index (κ3) is 3.99. The molecule has 1 heterocycles. The molecular weight excluding hydrogens is 258 g/mol. The van der Waals surface area contributed by atoms with Crippen LogP contribution in [0.25, 0.3) is 0 Å². The number of thioether (sulfide) groups is 1. The van der Waals surface area contributed by atoms with Crippen LogP contribution in [-0.2, 0) is 4.79 Å². The Hall–Kier alpha value is -2.01. The van der Waals surface area contributed by atoms with Gasteiger partial charge in [-0.05, 0) is 31.2 Å². The van der Waals surface area contributed by atoms with Crippen molar-refractivity contribution < 1.29 is 4.79 Å². The molecule has 0 fully saturated rings. The van der Waals surface area contributed by atoms with E-state index in [-0.39, 0.29) is 11.2 Å². The third-order valence-corrected chi connectivity index (χ3v) is 3.52. The first-order valence-electron chi connectivity index (χ1n) is 5.89. The van der Waals surface area contributed by atoms with Crippen LogP contribution in [0.15, 0.2) is 53.7 Å². The average Bonchev–Trinajstić information content (AvgIpc) is 2.42. The van der Waals surface area contributed by atoms with Crippen molar-refractivity contribution in [2.45, 2.75) is 17.2 Å². The zero-order valence-electron chi connectivity index (χ0n) is 10.5. The van der Waals surface area contributed by atoms with Gasteiger partial charge in [0.05, 0.1) is 22.2 Å². The first-order valence-corrected chi connectivity index (χ1v) is 6.77. The summed E-state index contributed by atoms with van der Waals surface area (Å²) in [6.45, 7) is 1.85. The molecule has 5 heteroatoms. The van der Waals surface area contributed by atoms with E-state index in [1.807, 2.05) is 43.3 Å². The van der Waals surface area contributed by atoms with Crippen LogP contribution in [0.4, 0.5) is 11.4 Å². The Bertz CT molecular complexity index is 542. The first kappa shape index (κ1) is 13.4. The zero-order valence-corrected chi connectivity index (χ0v) is 11.4. The van der Waals surface area contributed by atoms with E-state index in [1.165, 1.54) is 11.8 Å². The van der Waals surface area contributed by atoms with Crippen molar-refractivity contribution in [2.75, 3.05) is 11.1 Å². The lowest BCUT2D eigenvalue weighted by atomic mass is 10.3. The van der Waals surface area contributed by atoms with E-state index < -0.39 is 0 Å². The van der Waals surface area contributed by atoms with E-state index in [0.717, 1.165) is 10.7 Å². The molecule has 0 radical (unpaired) electrons. The molecule has 19 heavy (non-hydrogen) atoms. The highest BCUT2D eigenvalue weighted by Gasteiger charge is 2.14. The van der Waals surface area contributed by atoms with Crippen molar-refractivity contribution in [3.8, 4) is 0 Å². The summed E-state index contributed by atoms with van der Waals surface area (Å²) in [7, 11) is 0. The van der Waals surface area contributed by atoms with Gasteiger partial charge in [0, 0.05) is 5.69 Å². The van der Waals surface area contributed by atoms with Gasteiger partial charge in [-0.1, -0.05) is 30.0 Å². The Balaban J connectivity index is 1.94. The van der Waals surface area contributed by atoms with Gasteiger partial charge in [0.1, 0.15) is 0 Å². The van der Waals surface area contributed by atoms with Gasteiger partial charge in [-0.25, -0.2) is 4.98 Å². The lowest BCUT2D eigenvalue weighted by Crippen LogP contribution is -2.22. The van der Waals surface area contributed by atoms with E-state index in [0.29, 0.717) is 5.69 Å². The summed E-state index contributed by atoms with van der Waals surface area (Å²) >= 11 is 1.40. The fourth-order valence-corrected chi connectivity index (χ4v) is 2.25. The number of nitrogen functional groups attached to an aromatic ring is 1. The minimum atomic E-state index is -0.226. The number of nitrogens with zero attached hydrogens (tertiary/aromatic N) is 1. The van der Waals surface area contributed by atoms with Crippen molar-refractivity contribution in [1.29, 1.82) is 0 Å². The summed E-state index contributed by atoms with van der Waals surface area (Å²) in [5, 5.41) is 3.42. The molecule has 2 rings (SSSR count). The van der Waals surface area contributed by atoms with E-state index in [4.69, 9.17) is 5.73 Å². The minimum Gasteiger partial charge on any atom is -0.397 e. The largest absolute Gasteiger partial charge is 0.397 e. The van der Waals surface area contributed by atoms with E-state index in [9.17, 15) is 4.79 Å². The van der Waals surface area contributed by atoms with E-state index in [2.05, 4.69) is 10.3 Å². The Morgan fingerprint density at radius 3 is 2.63 bits per heavy atom. The molecule has 0 aliphatic rings. The van der Waals surface area contributed by atoms with Crippen LogP contribution in [0.5, 0.6) is 0 Å². The molecule has 1 aromatic heterocycles. The zero-order chi connectivity index (χ0) is 13.7. The molecule has 0 aliphatic carbocycles. The van der Waals surface area contributed by atoms with Crippen molar-refractivity contribution in [2.24, 2.45) is 0 Å². The summed E-state index contributed by atoms with van der Waals surface area (Å²) in [6, 6.07) is 13.0. The smallest absolute Gasteiger partial charge is 0.237 e. The molecule has 3 N–H and O–H groups in total. The van der Waals surface area contributed by atoms with Crippen LogP contribution in [0.3, 0.4) is 0 Å². The Labute approximate surface area is 116 Å². The molecule has 98 valence electrons. The Kier molecular flexibility index (Phi) is 4.41. The maximum absolute atomic E-state index is 12.0. The number of benzene rings is 1. The van der Waals surface area contributed by atoms with Crippen LogP contribution in [0, 0.1) is 0 Å². The van der Waals surface area contributed by atoms with Gasteiger partial charge in [-0.3, -0.25) is 4.79 Å². The molecule has 1 aromatic carbocycles. The average molecular weight is 273 g/mol. The van der Waals surface area contributed by atoms with Gasteiger partial charge in [-0.2, -0.15) is 0 Å². The second-order valence-electron chi connectivity index (χ2n) is 4.05. The van der Waals surface area contributed by atoms with E-state index >= 15 is 0 Å². The summed E-state index contributed by atoms with van der Waals surface area (Å²) < 4.78 is 0. The fourth-order valence-electron chi connectivity index (χ4n) is 1.46. The fraction of sp³-hybridized carbons (Fsp3) is 0.143. The highest BCUT2D eigenvalue weighted by atomic mass is 32.2. The minimum absolute atomic E-state index is 0.0465. The number of amides is 1. The van der Waals surface area contributed by atoms with E-state index in [1.54, 1.807) is 12.3 Å². The normalized spacial score (nSPS) is 11.8. The number of nitrogens with one attached hydrogen (secondary N) is 1. The lowest BCUT2D eigenvalue weighted by molar-refractivity contribution is -0.115. The number of para-hydroxylation sites is 1. The predicted molar refractivity (Wildman–Crippen MR) is 79.0 cm³/mol. The standard InChI is InChI=1S/C14H15N3OS/c1-10(19-13-8-7-11(15)9-16-13)14(18)17-12-5-3-2-4-6-12/h2-10H,15H2,1H3,(H,17,18). The maximum Gasteiger partial charge on any atom is 0.237 e. The van der Waals surface area contributed by atoms with Gasteiger partial charge < -0.3 is 11.1 Å². The summed E-state index contributed by atoms with van der Waals surface area (Å²) in [6.07, 6.45) is 1.59. The monoisotopic (exact) mass is 273 g/mol. The number of hydrogen-bond donors (Lipinski definition) is 2. The first-order chi connectivity index (χ1) is 9.15. The van der Waals surface area contributed by atoms with Crippen LogP contribution < -0.4 is 11.1 Å². The van der Waals surface area contributed by atoms with Gasteiger partial charge >= 0.3 is 0 Å². The number of nitrogens with two attached hydrogens (primary N) is 1. The summed E-state index contributed by atoms with van der Waals surface area (Å²) in [4.78, 5) is 16.2. The molecule has 2 aromatic rings. The van der Waals surface area contributed by atoms with Crippen molar-refractivity contribution in [1.82, 2.24) is 4.98 Å². The number of hydrogen-bond acceptors (Lipinski definition) is 4. The molecule has 0 aliphatic heterocycles. The highest BCUT2D eigenvalue weighted by Crippen LogP contribution is 2.22. The van der Waals surface area contributed by atoms with Crippen molar-refractivity contribution in [3.63, 3.8) is 0 Å². The Morgan fingerprint density at radius 2 is 2.00 bits per heavy atom. The quantitative estimate of drug-likeness (QED) is 0.841. The molecule has 0 saturated heterocycles. The van der Waals surface area contributed by atoms with Crippen LogP contribution in [0.1, 0.15) is 6.92 Å². The van der Waals surface area contributed by atoms with Gasteiger partial charge in [0.25, 0.3) is 0 Å². The van der Waals surface area contributed by atoms with Crippen molar-refractivity contribution in [3.05, 3.63) is 48.7 Å². The van der Waals surface area contributed by atoms with Crippen LogP contribution in [0.2, 0.25) is 0 Å². The molecule has 0 saturated carbocycles. The number of pyridine rings is 1. The molecule has 4 nitrogen and oxygen atoms in total. The number of anilines is 2. The number of carbonyl (C=O) groups is 1. The maximum atomic E-state index is 12.0. The molecule has 1 unspecified atom stereocenters. The number of aromatic nitrogens is 1. The SMILES string of the molecule is CC(Sc1ccc(N)cn1)C(=O)Nc1ccccc1. The predicted octanol–water partition coefficient (Wildman–Crippen LogP) is 2.78. The molecular formula is C14H15N3OS. The van der Waals surface area contributed by atoms with Crippen molar-refractivity contribution >= 4 is 29.0 Å².